The lowest BCUT2D eigenvalue weighted by molar-refractivity contribution is -0.133. The molecular weight excluding hydrogens is 224 g/mol. The minimum Gasteiger partial charge on any atom is -0.380 e. The Labute approximate surface area is 102 Å². The van der Waals surface area contributed by atoms with E-state index in [9.17, 15) is 4.79 Å². The molecule has 0 aromatic rings. The summed E-state index contributed by atoms with van der Waals surface area (Å²) >= 11 is 1.85. The van der Waals surface area contributed by atoms with E-state index in [4.69, 9.17) is 4.74 Å². The van der Waals surface area contributed by atoms with Gasteiger partial charge in [0.05, 0.1) is 12.6 Å². The molecule has 4 nitrogen and oxygen atoms in total. The summed E-state index contributed by atoms with van der Waals surface area (Å²) in [7, 11) is 0. The number of rotatable bonds is 6. The zero-order valence-electron chi connectivity index (χ0n) is 10.2. The van der Waals surface area contributed by atoms with Crippen molar-refractivity contribution >= 4 is 17.7 Å². The van der Waals surface area contributed by atoms with Gasteiger partial charge in [-0.3, -0.25) is 4.79 Å². The summed E-state index contributed by atoms with van der Waals surface area (Å²) in [6.07, 6.45) is 0. The Morgan fingerprint density at radius 1 is 1.56 bits per heavy atom. The highest BCUT2D eigenvalue weighted by Crippen LogP contribution is 2.09. The summed E-state index contributed by atoms with van der Waals surface area (Å²) in [4.78, 5) is 14.0. The van der Waals surface area contributed by atoms with Crippen molar-refractivity contribution in [2.75, 3.05) is 44.4 Å². The molecule has 5 heteroatoms. The maximum Gasteiger partial charge on any atom is 0.240 e. The molecule has 1 aliphatic heterocycles. The minimum atomic E-state index is 0.000302. The second kappa shape index (κ2) is 7.92. The van der Waals surface area contributed by atoms with Crippen LogP contribution in [0.3, 0.4) is 0 Å². The molecule has 1 atom stereocenters. The van der Waals surface area contributed by atoms with Gasteiger partial charge in [-0.05, 0) is 13.8 Å². The predicted molar refractivity (Wildman–Crippen MR) is 67.9 cm³/mol. The van der Waals surface area contributed by atoms with Gasteiger partial charge in [-0.2, -0.15) is 11.8 Å². The molecule has 16 heavy (non-hydrogen) atoms. The molecule has 1 rings (SSSR count). The summed E-state index contributed by atoms with van der Waals surface area (Å²) in [5.41, 5.74) is 0. The third kappa shape index (κ3) is 4.31. The first-order valence-electron chi connectivity index (χ1n) is 5.97. The van der Waals surface area contributed by atoms with Crippen LogP contribution in [0.5, 0.6) is 0 Å². The molecule has 0 saturated carbocycles. The number of hydrogen-bond donors (Lipinski definition) is 1. The molecule has 1 heterocycles. The number of nitrogens with one attached hydrogen (secondary N) is 1. The summed E-state index contributed by atoms with van der Waals surface area (Å²) < 4.78 is 5.28. The normalized spacial score (nSPS) is 20.8. The molecule has 0 radical (unpaired) electrons. The lowest BCUT2D eigenvalue weighted by Crippen LogP contribution is -2.51. The standard InChI is InChI=1S/C11H22N2O2S/c1-3-13(6-7-15-4-2)11(14)10-9-16-8-5-12-10/h10,12H,3-9H2,1-2H3. The molecule has 94 valence electrons. The predicted octanol–water partition coefficient (Wildman–Crippen LogP) is 0.576. The lowest BCUT2D eigenvalue weighted by Gasteiger charge is -2.29. The average molecular weight is 246 g/mol. The van der Waals surface area contributed by atoms with Crippen LogP contribution in [0.4, 0.5) is 0 Å². The van der Waals surface area contributed by atoms with Crippen LogP contribution in [-0.2, 0) is 9.53 Å². The molecular formula is C11H22N2O2S. The molecule has 0 spiro atoms. The van der Waals surface area contributed by atoms with Gasteiger partial charge >= 0.3 is 0 Å². The van der Waals surface area contributed by atoms with E-state index in [1.54, 1.807) is 0 Å². The van der Waals surface area contributed by atoms with E-state index in [0.29, 0.717) is 19.8 Å². The molecule has 0 bridgehead atoms. The average Bonchev–Trinajstić information content (AvgIpc) is 2.35. The van der Waals surface area contributed by atoms with Crippen LogP contribution in [0, 0.1) is 0 Å². The van der Waals surface area contributed by atoms with Crippen LogP contribution in [0.1, 0.15) is 13.8 Å². The zero-order valence-corrected chi connectivity index (χ0v) is 11.0. The van der Waals surface area contributed by atoms with Crippen molar-refractivity contribution in [2.24, 2.45) is 0 Å². The van der Waals surface area contributed by atoms with Crippen molar-refractivity contribution < 1.29 is 9.53 Å². The van der Waals surface area contributed by atoms with Gasteiger partial charge in [0.2, 0.25) is 5.91 Å². The maximum absolute atomic E-state index is 12.1. The Morgan fingerprint density at radius 2 is 2.38 bits per heavy atom. The fourth-order valence-electron chi connectivity index (χ4n) is 1.69. The van der Waals surface area contributed by atoms with E-state index in [1.165, 1.54) is 0 Å². The molecule has 0 aliphatic carbocycles. The Kier molecular flexibility index (Phi) is 6.84. The van der Waals surface area contributed by atoms with Gasteiger partial charge in [0, 0.05) is 37.7 Å². The highest BCUT2D eigenvalue weighted by molar-refractivity contribution is 7.99. The maximum atomic E-state index is 12.1. The molecule has 1 fully saturated rings. The molecule has 1 aliphatic rings. The van der Waals surface area contributed by atoms with E-state index in [2.05, 4.69) is 5.32 Å². The van der Waals surface area contributed by atoms with Crippen molar-refractivity contribution in [3.05, 3.63) is 0 Å². The van der Waals surface area contributed by atoms with Crippen molar-refractivity contribution in [2.45, 2.75) is 19.9 Å². The van der Waals surface area contributed by atoms with Gasteiger partial charge < -0.3 is 15.0 Å². The molecule has 1 N–H and O–H groups in total. The second-order valence-electron chi connectivity index (χ2n) is 3.70. The number of thioether (sulfide) groups is 1. The van der Waals surface area contributed by atoms with Crippen molar-refractivity contribution in [3.8, 4) is 0 Å². The van der Waals surface area contributed by atoms with Gasteiger partial charge in [-0.25, -0.2) is 0 Å². The van der Waals surface area contributed by atoms with Crippen LogP contribution in [0.2, 0.25) is 0 Å². The molecule has 1 unspecified atom stereocenters. The van der Waals surface area contributed by atoms with E-state index < -0.39 is 0 Å². The number of ether oxygens (including phenoxy) is 1. The number of carbonyl (C=O) groups excluding carboxylic acids is 1. The third-order valence-electron chi connectivity index (χ3n) is 2.62. The van der Waals surface area contributed by atoms with Crippen molar-refractivity contribution in [3.63, 3.8) is 0 Å². The molecule has 1 amide bonds. The lowest BCUT2D eigenvalue weighted by atomic mass is 10.2. The minimum absolute atomic E-state index is 0.000302. The smallest absolute Gasteiger partial charge is 0.240 e. The fraction of sp³-hybridized carbons (Fsp3) is 0.909. The Bertz CT molecular complexity index is 208. The fourth-order valence-corrected chi connectivity index (χ4v) is 2.61. The number of likely N-dealkylation sites (N-methyl/N-ethyl adjacent to an activating group) is 1. The Balaban J connectivity index is 2.35. The van der Waals surface area contributed by atoms with E-state index in [-0.39, 0.29) is 11.9 Å². The van der Waals surface area contributed by atoms with Gasteiger partial charge in [0.1, 0.15) is 0 Å². The first-order valence-corrected chi connectivity index (χ1v) is 7.12. The highest BCUT2D eigenvalue weighted by atomic mass is 32.2. The summed E-state index contributed by atoms with van der Waals surface area (Å²) in [6.45, 7) is 7.72. The van der Waals surface area contributed by atoms with E-state index in [0.717, 1.165) is 24.6 Å². The molecule has 0 aromatic carbocycles. The Hall–Kier alpha value is -0.260. The van der Waals surface area contributed by atoms with Crippen LogP contribution >= 0.6 is 11.8 Å². The zero-order chi connectivity index (χ0) is 11.8. The van der Waals surface area contributed by atoms with Crippen LogP contribution in [-0.4, -0.2) is 61.2 Å². The summed E-state index contributed by atoms with van der Waals surface area (Å²) in [5, 5.41) is 3.27. The first kappa shape index (κ1) is 13.8. The SMILES string of the molecule is CCOCCN(CC)C(=O)C1CSCCN1. The Morgan fingerprint density at radius 3 is 2.94 bits per heavy atom. The quantitative estimate of drug-likeness (QED) is 0.696. The number of hydrogen-bond acceptors (Lipinski definition) is 4. The first-order chi connectivity index (χ1) is 7.79. The third-order valence-corrected chi connectivity index (χ3v) is 3.68. The second-order valence-corrected chi connectivity index (χ2v) is 4.85. The van der Waals surface area contributed by atoms with Crippen LogP contribution in [0.25, 0.3) is 0 Å². The van der Waals surface area contributed by atoms with Crippen molar-refractivity contribution in [1.29, 1.82) is 0 Å². The summed E-state index contributed by atoms with van der Waals surface area (Å²) in [6, 6.07) is 0.000302. The monoisotopic (exact) mass is 246 g/mol. The summed E-state index contributed by atoms with van der Waals surface area (Å²) in [5.74, 6) is 2.22. The molecule has 1 saturated heterocycles. The number of carbonyl (C=O) groups is 1. The highest BCUT2D eigenvalue weighted by Gasteiger charge is 2.24. The van der Waals surface area contributed by atoms with Gasteiger partial charge in [-0.1, -0.05) is 0 Å². The molecule has 0 aromatic heterocycles. The number of amides is 1. The van der Waals surface area contributed by atoms with Crippen molar-refractivity contribution in [1.82, 2.24) is 10.2 Å². The van der Waals surface area contributed by atoms with E-state index >= 15 is 0 Å². The van der Waals surface area contributed by atoms with Crippen LogP contribution < -0.4 is 5.32 Å². The largest absolute Gasteiger partial charge is 0.380 e. The number of nitrogens with zero attached hydrogens (tertiary/aromatic N) is 1. The van der Waals surface area contributed by atoms with Gasteiger partial charge in [0.15, 0.2) is 0 Å². The van der Waals surface area contributed by atoms with Gasteiger partial charge in [-0.15, -0.1) is 0 Å². The van der Waals surface area contributed by atoms with Crippen LogP contribution in [0.15, 0.2) is 0 Å². The topological polar surface area (TPSA) is 41.6 Å². The van der Waals surface area contributed by atoms with E-state index in [1.807, 2.05) is 30.5 Å². The van der Waals surface area contributed by atoms with Gasteiger partial charge in [0.25, 0.3) is 0 Å².